The Morgan fingerprint density at radius 3 is 1.91 bits per heavy atom. The van der Waals surface area contributed by atoms with Gasteiger partial charge in [0.25, 0.3) is 0 Å². The van der Waals surface area contributed by atoms with E-state index in [1.807, 2.05) is 6.92 Å². The third-order valence-corrected chi connectivity index (χ3v) is 5.11. The van der Waals surface area contributed by atoms with Gasteiger partial charge in [-0.2, -0.15) is 0 Å². The van der Waals surface area contributed by atoms with E-state index < -0.39 is 14.0 Å². The van der Waals surface area contributed by atoms with E-state index in [0.29, 0.717) is 5.54 Å². The summed E-state index contributed by atoms with van der Waals surface area (Å²) >= 11 is 0. The molecule has 0 N–H and O–H groups in total. The van der Waals surface area contributed by atoms with Crippen molar-refractivity contribution in [2.45, 2.75) is 38.5 Å². The summed E-state index contributed by atoms with van der Waals surface area (Å²) in [6.07, 6.45) is 0.218. The Morgan fingerprint density at radius 2 is 1.82 bits per heavy atom. The number of rotatable bonds is 3. The molecule has 4 heteroatoms. The van der Waals surface area contributed by atoms with E-state index in [1.54, 1.807) is 0 Å². The zero-order chi connectivity index (χ0) is 8.36. The Kier molecular flexibility index (Phi) is 6.92. The maximum atomic E-state index is 10.2. The van der Waals surface area contributed by atoms with Gasteiger partial charge in [-0.1, -0.05) is 26.6 Å². The number of carbonyl (C=O) groups is 1. The van der Waals surface area contributed by atoms with Crippen LogP contribution in [-0.4, -0.2) is 14.0 Å². The smallest absolute Gasteiger partial charge is 0.550 e. The monoisotopic (exact) mass is 182 g/mol. The van der Waals surface area contributed by atoms with Crippen molar-refractivity contribution in [1.29, 1.82) is 0 Å². The summed E-state index contributed by atoms with van der Waals surface area (Å²) in [5.41, 5.74) is 0.317. The molecule has 1 atom stereocenters. The van der Waals surface area contributed by atoms with E-state index >= 15 is 0 Å². The van der Waals surface area contributed by atoms with Gasteiger partial charge in [0.2, 0.25) is 0 Å². The Hall–Kier alpha value is 0.687. The van der Waals surface area contributed by atoms with Crippen LogP contribution >= 0.6 is 0 Å². The molecule has 60 valence electrons. The van der Waals surface area contributed by atoms with Gasteiger partial charge in [-0.25, -0.2) is 0 Å². The summed E-state index contributed by atoms with van der Waals surface area (Å²) in [7, 11) is -1.24. The van der Waals surface area contributed by atoms with Gasteiger partial charge >= 0.3 is 29.6 Å². The molecule has 0 saturated heterocycles. The third kappa shape index (κ3) is 7.06. The Bertz CT molecular complexity index is 131. The number of carboxylic acid groups (broad SMARTS) is 1. The van der Waals surface area contributed by atoms with Crippen molar-refractivity contribution >= 4 is 14.0 Å². The van der Waals surface area contributed by atoms with E-state index in [-0.39, 0.29) is 36.0 Å². The van der Waals surface area contributed by atoms with Gasteiger partial charge in [0.1, 0.15) is 0 Å². The van der Waals surface area contributed by atoms with Crippen molar-refractivity contribution < 1.29 is 39.5 Å². The molecule has 0 heterocycles. The molecular formula is C7H15NaO2Si. The van der Waals surface area contributed by atoms with Crippen molar-refractivity contribution in [3.63, 3.8) is 0 Å². The van der Waals surface area contributed by atoms with Gasteiger partial charge in [0, 0.05) is 14.0 Å². The number of carbonyl (C=O) groups excluding carboxylic acids is 1. The maximum absolute atomic E-state index is 10.2. The largest absolute Gasteiger partial charge is 1.00 e. The van der Waals surface area contributed by atoms with Crippen LogP contribution in [0.3, 0.4) is 0 Å². The van der Waals surface area contributed by atoms with Crippen molar-refractivity contribution in [2.75, 3.05) is 0 Å². The second-order valence-corrected chi connectivity index (χ2v) is 9.56. The van der Waals surface area contributed by atoms with Gasteiger partial charge in [-0.05, 0) is 12.0 Å². The van der Waals surface area contributed by atoms with Crippen LogP contribution in [0.4, 0.5) is 0 Å². The number of aliphatic carboxylic acids is 1. The van der Waals surface area contributed by atoms with Crippen molar-refractivity contribution in [3.05, 3.63) is 0 Å². The van der Waals surface area contributed by atoms with Crippen molar-refractivity contribution in [1.82, 2.24) is 0 Å². The van der Waals surface area contributed by atoms with Gasteiger partial charge in [0.15, 0.2) is 0 Å². The first-order valence-corrected chi connectivity index (χ1v) is 7.11. The van der Waals surface area contributed by atoms with Crippen LogP contribution < -0.4 is 34.7 Å². The summed E-state index contributed by atoms with van der Waals surface area (Å²) < 4.78 is 0. The van der Waals surface area contributed by atoms with E-state index in [0.717, 1.165) is 0 Å². The molecule has 1 unspecified atom stereocenters. The minimum atomic E-state index is -1.24. The van der Waals surface area contributed by atoms with Crippen LogP contribution in [0.5, 0.6) is 0 Å². The van der Waals surface area contributed by atoms with Gasteiger partial charge in [-0.15, -0.1) is 0 Å². The Balaban J connectivity index is 0. The molecule has 0 aromatic carbocycles. The second-order valence-electron chi connectivity index (χ2n) is 3.84. The molecule has 0 amide bonds. The molecule has 0 radical (unpaired) electrons. The molecule has 0 aliphatic rings. The van der Waals surface area contributed by atoms with Crippen LogP contribution in [0.1, 0.15) is 13.3 Å². The van der Waals surface area contributed by atoms with Gasteiger partial charge in [-0.3, -0.25) is 0 Å². The summed E-state index contributed by atoms with van der Waals surface area (Å²) in [4.78, 5) is 10.2. The predicted octanol–water partition coefficient (Wildman–Crippen LogP) is -2.14. The van der Waals surface area contributed by atoms with E-state index in [2.05, 4.69) is 19.6 Å². The fraction of sp³-hybridized carbons (Fsp3) is 0.857. The number of carboxylic acids is 1. The molecule has 0 aromatic rings. The average Bonchev–Trinajstić information content (AvgIpc) is 1.60. The standard InChI is InChI=1S/C7H16O2Si.Na/c1-6(5-7(8)9)10(2,3)4;/h6H,5H2,1-4H3,(H,8,9);/q;+1/p-1. The molecular weight excluding hydrogens is 167 g/mol. The van der Waals surface area contributed by atoms with Crippen LogP contribution in [-0.2, 0) is 4.79 Å². The molecule has 0 saturated carbocycles. The normalized spacial score (nSPS) is 13.5. The first kappa shape index (κ1) is 14.2. The zero-order valence-corrected chi connectivity index (χ0v) is 11.1. The fourth-order valence-corrected chi connectivity index (χ4v) is 1.34. The topological polar surface area (TPSA) is 40.1 Å². The van der Waals surface area contributed by atoms with Gasteiger partial charge < -0.3 is 9.90 Å². The van der Waals surface area contributed by atoms with Crippen LogP contribution in [0.2, 0.25) is 25.2 Å². The number of hydrogen-bond donors (Lipinski definition) is 0. The van der Waals surface area contributed by atoms with Crippen molar-refractivity contribution in [2.24, 2.45) is 0 Å². The summed E-state index contributed by atoms with van der Waals surface area (Å²) in [5.74, 6) is -0.921. The fourth-order valence-electron chi connectivity index (χ4n) is 0.556. The van der Waals surface area contributed by atoms with E-state index in [1.165, 1.54) is 0 Å². The molecule has 0 aromatic heterocycles. The zero-order valence-electron chi connectivity index (χ0n) is 8.10. The average molecular weight is 182 g/mol. The summed E-state index contributed by atoms with van der Waals surface area (Å²) in [5, 5.41) is 10.2. The molecule has 0 rings (SSSR count). The van der Waals surface area contributed by atoms with Gasteiger partial charge in [0.05, 0.1) is 0 Å². The predicted molar refractivity (Wildman–Crippen MR) is 42.4 cm³/mol. The molecule has 2 nitrogen and oxygen atoms in total. The first-order chi connectivity index (χ1) is 4.34. The molecule has 0 fully saturated rings. The van der Waals surface area contributed by atoms with Crippen molar-refractivity contribution in [3.8, 4) is 0 Å². The quantitative estimate of drug-likeness (QED) is 0.467. The van der Waals surface area contributed by atoms with Crippen LogP contribution in [0.15, 0.2) is 0 Å². The molecule has 11 heavy (non-hydrogen) atoms. The molecule has 0 bridgehead atoms. The first-order valence-electron chi connectivity index (χ1n) is 3.54. The molecule has 0 aliphatic carbocycles. The van der Waals surface area contributed by atoms with E-state index in [9.17, 15) is 9.90 Å². The van der Waals surface area contributed by atoms with Crippen LogP contribution in [0.25, 0.3) is 0 Å². The summed E-state index contributed by atoms with van der Waals surface area (Å²) in [6, 6.07) is 0. The maximum Gasteiger partial charge on any atom is 1.00 e. The Morgan fingerprint density at radius 1 is 1.45 bits per heavy atom. The molecule has 0 spiro atoms. The van der Waals surface area contributed by atoms with Crippen LogP contribution in [0, 0.1) is 0 Å². The van der Waals surface area contributed by atoms with E-state index in [4.69, 9.17) is 0 Å². The SMILES string of the molecule is CC(CC(=O)[O-])[Si](C)(C)C.[Na+]. The molecule has 0 aliphatic heterocycles. The third-order valence-electron chi connectivity index (χ3n) is 1.95. The minimum absolute atomic E-state index is 0. The summed E-state index contributed by atoms with van der Waals surface area (Å²) in [6.45, 7) is 8.49. The Labute approximate surface area is 91.7 Å². The number of hydrogen-bond acceptors (Lipinski definition) is 2. The second kappa shape index (κ2) is 5.35. The minimum Gasteiger partial charge on any atom is -0.550 e.